The number of ether oxygens (including phenoxy) is 1. The third kappa shape index (κ3) is 2.77. The van der Waals surface area contributed by atoms with Gasteiger partial charge in [0.2, 0.25) is 5.82 Å². The van der Waals surface area contributed by atoms with Crippen molar-refractivity contribution in [3.63, 3.8) is 0 Å². The number of phenols is 1. The second kappa shape index (κ2) is 5.92. The fourth-order valence-corrected chi connectivity index (χ4v) is 1.72. The van der Waals surface area contributed by atoms with E-state index in [1.54, 1.807) is 0 Å². The minimum Gasteiger partial charge on any atom is -0.504 e. The summed E-state index contributed by atoms with van der Waals surface area (Å²) >= 11 is 5.69. The van der Waals surface area contributed by atoms with E-state index in [-0.39, 0.29) is 10.8 Å². The van der Waals surface area contributed by atoms with Gasteiger partial charge in [0.15, 0.2) is 11.5 Å². The van der Waals surface area contributed by atoms with Crippen LogP contribution in [0.25, 0.3) is 0 Å². The number of nitrogens with two attached hydrogens (primary N) is 1. The van der Waals surface area contributed by atoms with Crippen molar-refractivity contribution < 1.29 is 14.2 Å². The molecule has 0 bridgehead atoms. The third-order valence-electron chi connectivity index (χ3n) is 2.33. The maximum absolute atomic E-state index is 13.5. The van der Waals surface area contributed by atoms with Gasteiger partial charge in [-0.1, -0.05) is 11.6 Å². The van der Waals surface area contributed by atoms with Crippen LogP contribution in [-0.4, -0.2) is 18.8 Å². The summed E-state index contributed by atoms with van der Waals surface area (Å²) in [4.78, 5) is 0. The second-order valence-corrected chi connectivity index (χ2v) is 3.87. The maximum Gasteiger partial charge on any atom is 0.208 e. The zero-order valence-electron chi connectivity index (χ0n) is 9.09. The Labute approximate surface area is 99.0 Å². The number of aryl methyl sites for hydroxylation is 1. The SMILES string of the molecule is COc1c(CCCCN)cc(Cl)c(O)c1F. The van der Waals surface area contributed by atoms with Gasteiger partial charge in [0.25, 0.3) is 0 Å². The Morgan fingerprint density at radius 2 is 2.19 bits per heavy atom. The highest BCUT2D eigenvalue weighted by Gasteiger charge is 2.17. The Morgan fingerprint density at radius 1 is 1.50 bits per heavy atom. The molecule has 0 spiro atoms. The number of unbranched alkanes of at least 4 members (excludes halogenated alkanes) is 1. The zero-order chi connectivity index (χ0) is 12.1. The summed E-state index contributed by atoms with van der Waals surface area (Å²) in [7, 11) is 1.36. The van der Waals surface area contributed by atoms with Crippen molar-refractivity contribution in [1.82, 2.24) is 0 Å². The van der Waals surface area contributed by atoms with Gasteiger partial charge < -0.3 is 15.6 Å². The lowest BCUT2D eigenvalue weighted by atomic mass is 10.1. The summed E-state index contributed by atoms with van der Waals surface area (Å²) in [6, 6.07) is 1.52. The van der Waals surface area contributed by atoms with Crippen LogP contribution in [0.1, 0.15) is 18.4 Å². The third-order valence-corrected chi connectivity index (χ3v) is 2.62. The minimum atomic E-state index is -0.808. The average Bonchev–Trinajstić information content (AvgIpc) is 2.27. The molecule has 16 heavy (non-hydrogen) atoms. The first-order valence-electron chi connectivity index (χ1n) is 5.05. The number of rotatable bonds is 5. The van der Waals surface area contributed by atoms with Gasteiger partial charge in [0, 0.05) is 0 Å². The summed E-state index contributed by atoms with van der Waals surface area (Å²) in [5.41, 5.74) is 6.03. The molecule has 1 rings (SSSR count). The van der Waals surface area contributed by atoms with E-state index in [0.717, 1.165) is 12.8 Å². The van der Waals surface area contributed by atoms with Crippen molar-refractivity contribution >= 4 is 11.6 Å². The first-order chi connectivity index (χ1) is 7.61. The van der Waals surface area contributed by atoms with E-state index in [2.05, 4.69) is 0 Å². The van der Waals surface area contributed by atoms with Crippen molar-refractivity contribution in [3.8, 4) is 11.5 Å². The first-order valence-corrected chi connectivity index (χ1v) is 5.43. The summed E-state index contributed by atoms with van der Waals surface area (Å²) in [5.74, 6) is -1.32. The molecule has 1 aromatic carbocycles. The molecule has 0 saturated carbocycles. The predicted octanol–water partition coefficient (Wildman–Crippen LogP) is 2.47. The molecule has 0 atom stereocenters. The normalized spacial score (nSPS) is 10.5. The minimum absolute atomic E-state index is 0.000971. The van der Waals surface area contributed by atoms with E-state index in [4.69, 9.17) is 22.1 Å². The number of hydrogen-bond acceptors (Lipinski definition) is 3. The zero-order valence-corrected chi connectivity index (χ0v) is 9.85. The summed E-state index contributed by atoms with van der Waals surface area (Å²) in [6.07, 6.45) is 2.30. The van der Waals surface area contributed by atoms with Crippen LogP contribution in [0.4, 0.5) is 4.39 Å². The standard InChI is InChI=1S/C11H15ClFNO2/c1-16-11-7(4-2-3-5-14)6-8(12)10(15)9(11)13/h6,15H,2-5,14H2,1H3. The Morgan fingerprint density at radius 3 is 2.75 bits per heavy atom. The van der Waals surface area contributed by atoms with Crippen LogP contribution in [0.3, 0.4) is 0 Å². The lowest BCUT2D eigenvalue weighted by Gasteiger charge is -2.11. The number of phenolic OH excluding ortho intramolecular Hbond substituents is 1. The Hall–Kier alpha value is -1.00. The van der Waals surface area contributed by atoms with Crippen molar-refractivity contribution in [2.24, 2.45) is 5.73 Å². The molecule has 0 saturated heterocycles. The average molecular weight is 248 g/mol. The molecule has 0 radical (unpaired) electrons. The highest BCUT2D eigenvalue weighted by atomic mass is 35.5. The highest BCUT2D eigenvalue weighted by Crippen LogP contribution is 2.36. The van der Waals surface area contributed by atoms with Gasteiger partial charge in [-0.05, 0) is 37.4 Å². The molecule has 0 amide bonds. The molecule has 0 heterocycles. The van der Waals surface area contributed by atoms with E-state index in [1.807, 2.05) is 0 Å². The van der Waals surface area contributed by atoms with E-state index >= 15 is 0 Å². The van der Waals surface area contributed by atoms with Gasteiger partial charge in [-0.25, -0.2) is 0 Å². The monoisotopic (exact) mass is 247 g/mol. The summed E-state index contributed by atoms with van der Waals surface area (Å²) in [5, 5.41) is 9.31. The lowest BCUT2D eigenvalue weighted by molar-refractivity contribution is 0.360. The Bertz CT molecular complexity index is 371. The second-order valence-electron chi connectivity index (χ2n) is 3.46. The smallest absolute Gasteiger partial charge is 0.208 e. The van der Waals surface area contributed by atoms with Crippen molar-refractivity contribution in [2.45, 2.75) is 19.3 Å². The Kier molecular flexibility index (Phi) is 4.83. The van der Waals surface area contributed by atoms with Gasteiger partial charge in [-0.2, -0.15) is 4.39 Å². The Balaban J connectivity index is 2.98. The van der Waals surface area contributed by atoms with Crippen molar-refractivity contribution in [3.05, 3.63) is 22.5 Å². The van der Waals surface area contributed by atoms with Crippen molar-refractivity contribution in [1.29, 1.82) is 0 Å². The van der Waals surface area contributed by atoms with Gasteiger partial charge in [0.1, 0.15) is 0 Å². The molecule has 3 N–H and O–H groups in total. The molecule has 3 nitrogen and oxygen atoms in total. The van der Waals surface area contributed by atoms with E-state index in [9.17, 15) is 9.50 Å². The predicted molar refractivity (Wildman–Crippen MR) is 61.6 cm³/mol. The van der Waals surface area contributed by atoms with Gasteiger partial charge in [-0.3, -0.25) is 0 Å². The fourth-order valence-electron chi connectivity index (χ4n) is 1.51. The van der Waals surface area contributed by atoms with Crippen LogP contribution in [0.2, 0.25) is 5.02 Å². The van der Waals surface area contributed by atoms with Crippen LogP contribution in [-0.2, 0) is 6.42 Å². The van der Waals surface area contributed by atoms with Crippen LogP contribution < -0.4 is 10.5 Å². The van der Waals surface area contributed by atoms with Gasteiger partial charge in [-0.15, -0.1) is 0 Å². The molecule has 0 fully saturated rings. The number of hydrogen-bond donors (Lipinski definition) is 2. The van der Waals surface area contributed by atoms with E-state index < -0.39 is 11.6 Å². The topological polar surface area (TPSA) is 55.5 Å². The largest absolute Gasteiger partial charge is 0.504 e. The molecule has 0 aliphatic carbocycles. The molecular weight excluding hydrogens is 233 g/mol. The van der Waals surface area contributed by atoms with E-state index in [1.165, 1.54) is 13.2 Å². The van der Waals surface area contributed by atoms with E-state index in [0.29, 0.717) is 18.5 Å². The van der Waals surface area contributed by atoms with Gasteiger partial charge in [0.05, 0.1) is 12.1 Å². The number of methoxy groups -OCH3 is 1. The summed E-state index contributed by atoms with van der Waals surface area (Å²) < 4.78 is 18.5. The van der Waals surface area contributed by atoms with Crippen LogP contribution >= 0.6 is 11.6 Å². The molecule has 5 heteroatoms. The molecule has 0 aliphatic heterocycles. The molecular formula is C11H15ClFNO2. The number of halogens is 2. The van der Waals surface area contributed by atoms with Crippen LogP contribution in [0.15, 0.2) is 6.07 Å². The van der Waals surface area contributed by atoms with Crippen LogP contribution in [0, 0.1) is 5.82 Å². The quantitative estimate of drug-likeness (QED) is 0.786. The van der Waals surface area contributed by atoms with Crippen LogP contribution in [0.5, 0.6) is 11.5 Å². The molecule has 0 aromatic heterocycles. The number of benzene rings is 1. The first kappa shape index (κ1) is 13.1. The van der Waals surface area contributed by atoms with Crippen molar-refractivity contribution in [2.75, 3.05) is 13.7 Å². The maximum atomic E-state index is 13.5. The molecule has 0 unspecified atom stereocenters. The molecule has 0 aliphatic rings. The highest BCUT2D eigenvalue weighted by molar-refractivity contribution is 6.32. The van der Waals surface area contributed by atoms with Gasteiger partial charge >= 0.3 is 0 Å². The molecule has 1 aromatic rings. The lowest BCUT2D eigenvalue weighted by Crippen LogP contribution is -2.01. The summed E-state index contributed by atoms with van der Waals surface area (Å²) in [6.45, 7) is 0.594. The fraction of sp³-hybridized carbons (Fsp3) is 0.455. The molecule has 90 valence electrons. The number of aromatic hydroxyl groups is 1.